The summed E-state index contributed by atoms with van der Waals surface area (Å²) < 4.78 is 5.12. The summed E-state index contributed by atoms with van der Waals surface area (Å²) in [5.74, 6) is -0.158. The van der Waals surface area contributed by atoms with Gasteiger partial charge in [-0.1, -0.05) is 12.1 Å². The van der Waals surface area contributed by atoms with Gasteiger partial charge in [-0.2, -0.15) is 5.10 Å². The largest absolute Gasteiger partial charge is 0.497 e. The van der Waals surface area contributed by atoms with E-state index in [-0.39, 0.29) is 6.42 Å². The predicted molar refractivity (Wildman–Crippen MR) is 61.9 cm³/mol. The van der Waals surface area contributed by atoms with Gasteiger partial charge in [-0.3, -0.25) is 9.89 Å². The quantitative estimate of drug-likeness (QED) is 0.841. The third kappa shape index (κ3) is 2.44. The SMILES string of the molecule is COc1cccc(-c2[nH]ncc2CC(=O)O)c1. The topological polar surface area (TPSA) is 75.2 Å². The maximum atomic E-state index is 10.7. The van der Waals surface area contributed by atoms with Crippen LogP contribution < -0.4 is 4.74 Å². The Morgan fingerprint density at radius 2 is 2.35 bits per heavy atom. The molecule has 2 rings (SSSR count). The van der Waals surface area contributed by atoms with Gasteiger partial charge in [-0.15, -0.1) is 0 Å². The summed E-state index contributed by atoms with van der Waals surface area (Å²) >= 11 is 0. The van der Waals surface area contributed by atoms with Crippen LogP contribution in [0.1, 0.15) is 5.56 Å². The summed E-state index contributed by atoms with van der Waals surface area (Å²) in [5, 5.41) is 15.5. The van der Waals surface area contributed by atoms with Gasteiger partial charge < -0.3 is 9.84 Å². The van der Waals surface area contributed by atoms with Gasteiger partial charge in [0.05, 0.1) is 25.4 Å². The fraction of sp³-hybridized carbons (Fsp3) is 0.167. The van der Waals surface area contributed by atoms with Crippen LogP contribution in [0.3, 0.4) is 0 Å². The van der Waals surface area contributed by atoms with Crippen molar-refractivity contribution in [1.82, 2.24) is 10.2 Å². The van der Waals surface area contributed by atoms with Crippen LogP contribution in [0.25, 0.3) is 11.3 Å². The average Bonchev–Trinajstić information content (AvgIpc) is 2.76. The highest BCUT2D eigenvalue weighted by molar-refractivity contribution is 5.75. The van der Waals surface area contributed by atoms with Crippen molar-refractivity contribution in [1.29, 1.82) is 0 Å². The van der Waals surface area contributed by atoms with Gasteiger partial charge in [-0.25, -0.2) is 0 Å². The molecular weight excluding hydrogens is 220 g/mol. The second-order valence-electron chi connectivity index (χ2n) is 3.57. The molecule has 5 nitrogen and oxygen atoms in total. The average molecular weight is 232 g/mol. The van der Waals surface area contributed by atoms with Crippen molar-refractivity contribution in [3.8, 4) is 17.0 Å². The highest BCUT2D eigenvalue weighted by Gasteiger charge is 2.11. The number of methoxy groups -OCH3 is 1. The smallest absolute Gasteiger partial charge is 0.307 e. The zero-order valence-electron chi connectivity index (χ0n) is 9.30. The molecule has 0 aliphatic carbocycles. The number of nitrogens with zero attached hydrogens (tertiary/aromatic N) is 1. The van der Waals surface area contributed by atoms with Crippen LogP contribution in [0.5, 0.6) is 5.75 Å². The first kappa shape index (κ1) is 11.2. The van der Waals surface area contributed by atoms with Crippen molar-refractivity contribution in [2.75, 3.05) is 7.11 Å². The van der Waals surface area contributed by atoms with Gasteiger partial charge >= 0.3 is 5.97 Å². The number of carboxylic acids is 1. The predicted octanol–water partition coefficient (Wildman–Crippen LogP) is 1.71. The first-order valence-corrected chi connectivity index (χ1v) is 5.09. The molecule has 2 N–H and O–H groups in total. The molecule has 0 radical (unpaired) electrons. The maximum absolute atomic E-state index is 10.7. The van der Waals surface area contributed by atoms with Crippen LogP contribution >= 0.6 is 0 Å². The molecule has 5 heteroatoms. The Kier molecular flexibility index (Phi) is 3.09. The Morgan fingerprint density at radius 1 is 1.53 bits per heavy atom. The fourth-order valence-corrected chi connectivity index (χ4v) is 1.64. The molecule has 0 aliphatic heterocycles. The van der Waals surface area contributed by atoms with E-state index in [1.807, 2.05) is 24.3 Å². The maximum Gasteiger partial charge on any atom is 0.307 e. The lowest BCUT2D eigenvalue weighted by molar-refractivity contribution is -0.136. The summed E-state index contributed by atoms with van der Waals surface area (Å²) in [6.45, 7) is 0. The fourth-order valence-electron chi connectivity index (χ4n) is 1.64. The highest BCUT2D eigenvalue weighted by Crippen LogP contribution is 2.25. The number of hydrogen-bond acceptors (Lipinski definition) is 3. The molecule has 88 valence electrons. The van der Waals surface area contributed by atoms with Crippen molar-refractivity contribution in [2.45, 2.75) is 6.42 Å². The van der Waals surface area contributed by atoms with Crippen molar-refractivity contribution >= 4 is 5.97 Å². The number of rotatable bonds is 4. The summed E-state index contributed by atoms with van der Waals surface area (Å²) in [6.07, 6.45) is 1.48. The van der Waals surface area contributed by atoms with Crippen molar-refractivity contribution in [2.24, 2.45) is 0 Å². The molecule has 0 atom stereocenters. The Morgan fingerprint density at radius 3 is 3.06 bits per heavy atom. The molecule has 0 unspecified atom stereocenters. The minimum Gasteiger partial charge on any atom is -0.497 e. The molecule has 1 heterocycles. The standard InChI is InChI=1S/C12H12N2O3/c1-17-10-4-2-3-8(5-10)12-9(6-11(15)16)7-13-14-12/h2-5,7H,6H2,1H3,(H,13,14)(H,15,16). The number of H-pyrrole nitrogens is 1. The van der Waals surface area contributed by atoms with Crippen LogP contribution in [-0.2, 0) is 11.2 Å². The number of carbonyl (C=O) groups is 1. The van der Waals surface area contributed by atoms with E-state index in [0.717, 1.165) is 11.3 Å². The Hall–Kier alpha value is -2.30. The molecule has 1 aromatic carbocycles. The zero-order chi connectivity index (χ0) is 12.3. The Bertz CT molecular complexity index is 534. The van der Waals surface area contributed by atoms with Gasteiger partial charge in [-0.05, 0) is 12.1 Å². The molecule has 0 fully saturated rings. The molecule has 1 aromatic heterocycles. The lowest BCUT2D eigenvalue weighted by atomic mass is 10.1. The first-order valence-electron chi connectivity index (χ1n) is 5.09. The Labute approximate surface area is 98.0 Å². The summed E-state index contributed by atoms with van der Waals surface area (Å²) in [7, 11) is 1.59. The number of aromatic amines is 1. The van der Waals surface area contributed by atoms with E-state index in [1.165, 1.54) is 6.20 Å². The second kappa shape index (κ2) is 4.69. The number of aromatic nitrogens is 2. The number of nitrogens with one attached hydrogen (secondary N) is 1. The third-order valence-corrected chi connectivity index (χ3v) is 2.42. The normalized spacial score (nSPS) is 10.2. The number of hydrogen-bond donors (Lipinski definition) is 2. The number of carboxylic acid groups (broad SMARTS) is 1. The third-order valence-electron chi connectivity index (χ3n) is 2.42. The monoisotopic (exact) mass is 232 g/mol. The Balaban J connectivity index is 2.38. The summed E-state index contributed by atoms with van der Waals surface area (Å²) in [6, 6.07) is 7.39. The van der Waals surface area contributed by atoms with Gasteiger partial charge in [0.1, 0.15) is 5.75 Å². The molecule has 0 saturated carbocycles. The number of benzene rings is 1. The number of aliphatic carboxylic acids is 1. The van der Waals surface area contributed by atoms with Crippen LogP contribution in [0, 0.1) is 0 Å². The lowest BCUT2D eigenvalue weighted by Crippen LogP contribution is -2.00. The summed E-state index contributed by atoms with van der Waals surface area (Å²) in [5.41, 5.74) is 2.23. The van der Waals surface area contributed by atoms with Gasteiger partial charge in [0.2, 0.25) is 0 Å². The van der Waals surface area contributed by atoms with E-state index in [1.54, 1.807) is 7.11 Å². The second-order valence-corrected chi connectivity index (χ2v) is 3.57. The molecule has 0 aliphatic rings. The van der Waals surface area contributed by atoms with E-state index in [2.05, 4.69) is 10.2 Å². The van der Waals surface area contributed by atoms with Gasteiger partial charge in [0, 0.05) is 11.1 Å². The lowest BCUT2D eigenvalue weighted by Gasteiger charge is -2.04. The van der Waals surface area contributed by atoms with E-state index < -0.39 is 5.97 Å². The minimum absolute atomic E-state index is 0.0525. The molecule has 0 amide bonds. The van der Waals surface area contributed by atoms with Crippen molar-refractivity contribution < 1.29 is 14.6 Å². The van der Waals surface area contributed by atoms with Crippen molar-refractivity contribution in [3.05, 3.63) is 36.0 Å². The molecule has 2 aromatic rings. The zero-order valence-corrected chi connectivity index (χ0v) is 9.30. The van der Waals surface area contributed by atoms with Gasteiger partial charge in [0.25, 0.3) is 0 Å². The number of ether oxygens (including phenoxy) is 1. The molecule has 17 heavy (non-hydrogen) atoms. The molecule has 0 spiro atoms. The molecule has 0 bridgehead atoms. The van der Waals surface area contributed by atoms with E-state index in [4.69, 9.17) is 9.84 Å². The molecular formula is C12H12N2O3. The first-order chi connectivity index (χ1) is 8.20. The minimum atomic E-state index is -0.879. The van der Waals surface area contributed by atoms with Gasteiger partial charge in [0.15, 0.2) is 0 Å². The van der Waals surface area contributed by atoms with Crippen molar-refractivity contribution in [3.63, 3.8) is 0 Å². The van der Waals surface area contributed by atoms with Crippen LogP contribution in [0.2, 0.25) is 0 Å². The van der Waals surface area contributed by atoms with E-state index in [0.29, 0.717) is 11.3 Å². The van der Waals surface area contributed by atoms with E-state index in [9.17, 15) is 4.79 Å². The highest BCUT2D eigenvalue weighted by atomic mass is 16.5. The van der Waals surface area contributed by atoms with Crippen LogP contribution in [0.4, 0.5) is 0 Å². The summed E-state index contributed by atoms with van der Waals surface area (Å²) in [4.78, 5) is 10.7. The van der Waals surface area contributed by atoms with Crippen LogP contribution in [-0.4, -0.2) is 28.4 Å². The van der Waals surface area contributed by atoms with E-state index >= 15 is 0 Å². The van der Waals surface area contributed by atoms with Crippen LogP contribution in [0.15, 0.2) is 30.5 Å². The molecule has 0 saturated heterocycles.